The largest absolute Gasteiger partial charge is 0.456 e. The van der Waals surface area contributed by atoms with Gasteiger partial charge in [0, 0.05) is 17.0 Å². The van der Waals surface area contributed by atoms with E-state index in [2.05, 4.69) is 5.32 Å². The molecule has 0 heterocycles. The van der Waals surface area contributed by atoms with Crippen LogP contribution in [-0.4, -0.2) is 24.3 Å². The second-order valence-corrected chi connectivity index (χ2v) is 5.56. The van der Waals surface area contributed by atoms with Crippen molar-refractivity contribution in [1.82, 2.24) is 0 Å². The molecule has 0 aliphatic rings. The highest BCUT2D eigenvalue weighted by molar-refractivity contribution is 6.30. The molecular formula is C18H15ClFNO4. The molecule has 0 spiro atoms. The lowest BCUT2D eigenvalue weighted by Gasteiger charge is -2.07. The molecular weight excluding hydrogens is 349 g/mol. The van der Waals surface area contributed by atoms with Crippen molar-refractivity contribution in [3.05, 3.63) is 64.9 Å². The first kappa shape index (κ1) is 18.6. The molecule has 1 N–H and O–H groups in total. The zero-order chi connectivity index (χ0) is 18.2. The number of benzene rings is 2. The predicted octanol–water partition coefficient (Wildman–Crippen LogP) is 3.62. The van der Waals surface area contributed by atoms with Crippen molar-refractivity contribution in [2.75, 3.05) is 11.9 Å². The van der Waals surface area contributed by atoms with Crippen LogP contribution in [0.1, 0.15) is 23.2 Å². The van der Waals surface area contributed by atoms with E-state index in [1.807, 2.05) is 0 Å². The molecule has 2 aromatic rings. The maximum Gasteiger partial charge on any atom is 0.306 e. The Morgan fingerprint density at radius 3 is 2.36 bits per heavy atom. The van der Waals surface area contributed by atoms with Crippen LogP contribution in [0.4, 0.5) is 10.1 Å². The number of carbonyl (C=O) groups is 3. The fraction of sp³-hybridized carbons (Fsp3) is 0.167. The molecule has 0 radical (unpaired) electrons. The summed E-state index contributed by atoms with van der Waals surface area (Å²) in [7, 11) is 0. The van der Waals surface area contributed by atoms with Crippen LogP contribution in [0.3, 0.4) is 0 Å². The van der Waals surface area contributed by atoms with E-state index < -0.39 is 24.3 Å². The average Bonchev–Trinajstić information content (AvgIpc) is 2.60. The normalized spacial score (nSPS) is 10.2. The number of anilines is 1. The number of hydrogen-bond donors (Lipinski definition) is 1. The van der Waals surface area contributed by atoms with Gasteiger partial charge < -0.3 is 10.1 Å². The van der Waals surface area contributed by atoms with Crippen molar-refractivity contribution >= 4 is 34.9 Å². The molecule has 0 fully saturated rings. The summed E-state index contributed by atoms with van der Waals surface area (Å²) in [6.45, 7) is -0.553. The zero-order valence-electron chi connectivity index (χ0n) is 13.1. The highest BCUT2D eigenvalue weighted by Crippen LogP contribution is 2.13. The Labute approximate surface area is 148 Å². The van der Waals surface area contributed by atoms with Crippen molar-refractivity contribution in [2.24, 2.45) is 0 Å². The minimum atomic E-state index is -0.689. The minimum Gasteiger partial charge on any atom is -0.456 e. The van der Waals surface area contributed by atoms with Crippen LogP contribution >= 0.6 is 11.6 Å². The maximum absolute atomic E-state index is 13.4. The molecule has 0 aromatic heterocycles. The summed E-state index contributed by atoms with van der Waals surface area (Å²) >= 11 is 5.74. The van der Waals surface area contributed by atoms with Gasteiger partial charge in [0.1, 0.15) is 5.82 Å². The van der Waals surface area contributed by atoms with Crippen LogP contribution in [-0.2, 0) is 14.3 Å². The van der Waals surface area contributed by atoms with Gasteiger partial charge in [0.2, 0.25) is 0 Å². The number of hydrogen-bond acceptors (Lipinski definition) is 4. The number of nitrogens with one attached hydrogen (secondary N) is 1. The highest BCUT2D eigenvalue weighted by Gasteiger charge is 2.13. The highest BCUT2D eigenvalue weighted by atomic mass is 35.5. The van der Waals surface area contributed by atoms with Crippen molar-refractivity contribution in [3.8, 4) is 0 Å². The molecule has 130 valence electrons. The molecule has 5 nitrogen and oxygen atoms in total. The van der Waals surface area contributed by atoms with E-state index in [1.54, 1.807) is 30.3 Å². The summed E-state index contributed by atoms with van der Waals surface area (Å²) in [6, 6.07) is 11.9. The molecule has 0 saturated carbocycles. The van der Waals surface area contributed by atoms with Crippen LogP contribution in [0.15, 0.2) is 48.5 Å². The first-order valence-corrected chi connectivity index (χ1v) is 7.82. The molecule has 0 aliphatic heterocycles. The summed E-state index contributed by atoms with van der Waals surface area (Å²) in [5.41, 5.74) is 0.441. The van der Waals surface area contributed by atoms with Crippen molar-refractivity contribution in [3.63, 3.8) is 0 Å². The lowest BCUT2D eigenvalue weighted by Crippen LogP contribution is -2.21. The second-order valence-electron chi connectivity index (χ2n) is 5.12. The molecule has 0 saturated heterocycles. The Morgan fingerprint density at radius 2 is 1.68 bits per heavy atom. The van der Waals surface area contributed by atoms with Crippen LogP contribution in [0.2, 0.25) is 5.02 Å². The van der Waals surface area contributed by atoms with Gasteiger partial charge in [-0.3, -0.25) is 14.4 Å². The Balaban J connectivity index is 1.73. The number of halogens is 2. The second kappa shape index (κ2) is 8.94. The third-order valence-corrected chi connectivity index (χ3v) is 3.49. The third-order valence-electron chi connectivity index (χ3n) is 3.23. The molecule has 2 aromatic carbocycles. The SMILES string of the molecule is O=C(COC(=O)CCC(=O)c1ccc(Cl)cc1)Nc1ccccc1F. The van der Waals surface area contributed by atoms with Gasteiger partial charge in [0.25, 0.3) is 5.91 Å². The number of Topliss-reactive ketones (excluding diaryl/α,β-unsaturated/α-hetero) is 1. The van der Waals surface area contributed by atoms with Gasteiger partial charge in [-0.1, -0.05) is 23.7 Å². The number of ketones is 1. The fourth-order valence-corrected chi connectivity index (χ4v) is 2.09. The Hall–Kier alpha value is -2.73. The van der Waals surface area contributed by atoms with Gasteiger partial charge in [-0.2, -0.15) is 0 Å². The quantitative estimate of drug-likeness (QED) is 0.602. The molecule has 7 heteroatoms. The molecule has 0 unspecified atom stereocenters. The molecule has 0 atom stereocenters. The molecule has 1 amide bonds. The minimum absolute atomic E-state index is 0.00136. The Kier molecular flexibility index (Phi) is 6.65. The van der Waals surface area contributed by atoms with E-state index in [0.29, 0.717) is 10.6 Å². The summed E-state index contributed by atoms with van der Waals surface area (Å²) < 4.78 is 18.2. The zero-order valence-corrected chi connectivity index (χ0v) is 13.9. The van der Waals surface area contributed by atoms with E-state index in [9.17, 15) is 18.8 Å². The lowest BCUT2D eigenvalue weighted by molar-refractivity contribution is -0.147. The van der Waals surface area contributed by atoms with Crippen molar-refractivity contribution in [1.29, 1.82) is 0 Å². The smallest absolute Gasteiger partial charge is 0.306 e. The lowest BCUT2D eigenvalue weighted by atomic mass is 10.1. The van der Waals surface area contributed by atoms with Gasteiger partial charge >= 0.3 is 5.97 Å². The number of esters is 1. The number of amides is 1. The molecule has 0 bridgehead atoms. The standard InChI is InChI=1S/C18H15ClFNO4/c19-13-7-5-12(6-8-13)16(22)9-10-18(24)25-11-17(23)21-15-4-2-1-3-14(15)20/h1-8H,9-11H2,(H,21,23). The van der Waals surface area contributed by atoms with E-state index in [-0.39, 0.29) is 24.3 Å². The number of rotatable bonds is 7. The molecule has 25 heavy (non-hydrogen) atoms. The van der Waals surface area contributed by atoms with E-state index >= 15 is 0 Å². The average molecular weight is 364 g/mol. The van der Waals surface area contributed by atoms with Gasteiger partial charge in [0.05, 0.1) is 12.1 Å². The van der Waals surface area contributed by atoms with E-state index in [1.165, 1.54) is 18.2 Å². The summed E-state index contributed by atoms with van der Waals surface area (Å²) in [5, 5.41) is 2.80. The molecule has 0 aliphatic carbocycles. The van der Waals surface area contributed by atoms with Gasteiger partial charge in [-0.15, -0.1) is 0 Å². The van der Waals surface area contributed by atoms with Crippen LogP contribution < -0.4 is 5.32 Å². The molecule has 2 rings (SSSR count). The number of carbonyl (C=O) groups excluding carboxylic acids is 3. The van der Waals surface area contributed by atoms with Crippen molar-refractivity contribution in [2.45, 2.75) is 12.8 Å². The first-order chi connectivity index (χ1) is 12.0. The fourth-order valence-electron chi connectivity index (χ4n) is 1.96. The van der Waals surface area contributed by atoms with Gasteiger partial charge in [-0.05, 0) is 36.4 Å². The topological polar surface area (TPSA) is 72.5 Å². The van der Waals surface area contributed by atoms with Crippen LogP contribution in [0.25, 0.3) is 0 Å². The summed E-state index contributed by atoms with van der Waals surface area (Å²) in [5.74, 6) is -2.17. The Morgan fingerprint density at radius 1 is 1.00 bits per heavy atom. The predicted molar refractivity (Wildman–Crippen MR) is 91.0 cm³/mol. The third kappa shape index (κ3) is 6.00. The first-order valence-electron chi connectivity index (χ1n) is 7.44. The Bertz CT molecular complexity index is 777. The van der Waals surface area contributed by atoms with E-state index in [0.717, 1.165) is 0 Å². The monoisotopic (exact) mass is 363 g/mol. The number of ether oxygens (including phenoxy) is 1. The summed E-state index contributed by atoms with van der Waals surface area (Å²) in [4.78, 5) is 35.1. The van der Waals surface area contributed by atoms with Gasteiger partial charge in [-0.25, -0.2) is 4.39 Å². The maximum atomic E-state index is 13.4. The van der Waals surface area contributed by atoms with Crippen LogP contribution in [0.5, 0.6) is 0 Å². The number of para-hydroxylation sites is 1. The van der Waals surface area contributed by atoms with Crippen molar-refractivity contribution < 1.29 is 23.5 Å². The summed E-state index contributed by atoms with van der Waals surface area (Å²) in [6.07, 6.45) is -0.205. The van der Waals surface area contributed by atoms with Crippen LogP contribution in [0, 0.1) is 5.82 Å². The van der Waals surface area contributed by atoms with E-state index in [4.69, 9.17) is 16.3 Å². The van der Waals surface area contributed by atoms with Gasteiger partial charge in [0.15, 0.2) is 12.4 Å².